The molecule has 1 atom stereocenters. The molecule has 1 saturated heterocycles. The van der Waals surface area contributed by atoms with Crippen molar-refractivity contribution >= 4 is 35.0 Å². The van der Waals surface area contributed by atoms with Gasteiger partial charge < -0.3 is 5.32 Å². The summed E-state index contributed by atoms with van der Waals surface area (Å²) in [5, 5.41) is 21.1. The van der Waals surface area contributed by atoms with Gasteiger partial charge in [-0.3, -0.25) is 9.59 Å². The van der Waals surface area contributed by atoms with Crippen LogP contribution in [-0.2, 0) is 9.59 Å². The average molecular weight is 388 g/mol. The Kier molecular flexibility index (Phi) is 5.78. The van der Waals surface area contributed by atoms with E-state index in [1.54, 1.807) is 24.3 Å². The van der Waals surface area contributed by atoms with E-state index >= 15 is 0 Å². The highest BCUT2D eigenvalue weighted by Crippen LogP contribution is 2.35. The minimum atomic E-state index is -0.711. The first kappa shape index (κ1) is 19.2. The van der Waals surface area contributed by atoms with Crippen LogP contribution in [0, 0.1) is 29.6 Å². The summed E-state index contributed by atoms with van der Waals surface area (Å²) in [6.45, 7) is 1.92. The predicted octanol–water partition coefficient (Wildman–Crippen LogP) is 3.73. The summed E-state index contributed by atoms with van der Waals surface area (Å²) in [5.41, 5.74) is 2.09. The fourth-order valence-corrected chi connectivity index (χ4v) is 3.84. The van der Waals surface area contributed by atoms with E-state index in [0.717, 1.165) is 22.2 Å². The molecule has 28 heavy (non-hydrogen) atoms. The van der Waals surface area contributed by atoms with Gasteiger partial charge in [0.05, 0.1) is 10.9 Å². The van der Waals surface area contributed by atoms with Gasteiger partial charge in [-0.25, -0.2) is 4.90 Å². The number of carbonyl (C=O) groups is 2. The molecule has 1 heterocycles. The van der Waals surface area contributed by atoms with E-state index < -0.39 is 5.25 Å². The number of allylic oxidation sites excluding steroid dienone is 1. The molecular weight excluding hydrogens is 372 g/mol. The molecule has 138 valence electrons. The molecule has 2 amide bonds. The van der Waals surface area contributed by atoms with Crippen molar-refractivity contribution in [3.05, 3.63) is 70.8 Å². The van der Waals surface area contributed by atoms with Gasteiger partial charge in [0, 0.05) is 12.1 Å². The fourth-order valence-electron chi connectivity index (χ4n) is 2.73. The Balaban J connectivity index is 1.85. The van der Waals surface area contributed by atoms with E-state index in [1.807, 2.05) is 49.4 Å². The average Bonchev–Trinajstić information content (AvgIpc) is 2.97. The monoisotopic (exact) mass is 388 g/mol. The second-order valence-electron chi connectivity index (χ2n) is 6.13. The van der Waals surface area contributed by atoms with Gasteiger partial charge in [-0.05, 0) is 31.2 Å². The molecule has 1 aliphatic rings. The highest BCUT2D eigenvalue weighted by atomic mass is 32.2. The Morgan fingerprint density at radius 1 is 1.07 bits per heavy atom. The Hall–Kier alpha value is -3.55. The van der Waals surface area contributed by atoms with Crippen LogP contribution >= 0.6 is 11.8 Å². The van der Waals surface area contributed by atoms with Crippen LogP contribution in [0.1, 0.15) is 12.0 Å². The highest BCUT2D eigenvalue weighted by Gasteiger charge is 2.40. The molecule has 0 aromatic heterocycles. The molecule has 1 aliphatic heterocycles. The number of aryl methyl sites for hydroxylation is 1. The number of nitrogens with one attached hydrogen (secondary N) is 1. The molecular formula is C21H16N4O2S. The van der Waals surface area contributed by atoms with Crippen molar-refractivity contribution < 1.29 is 9.59 Å². The molecule has 2 aromatic carbocycles. The molecule has 1 unspecified atom stereocenters. The van der Waals surface area contributed by atoms with Crippen molar-refractivity contribution in [2.45, 2.75) is 18.6 Å². The third-order valence-corrected chi connectivity index (χ3v) is 5.33. The second kappa shape index (κ2) is 8.43. The topological polar surface area (TPSA) is 97.0 Å². The van der Waals surface area contributed by atoms with Gasteiger partial charge in [-0.1, -0.05) is 47.7 Å². The number of hydrogen-bond donors (Lipinski definition) is 1. The molecule has 6 nitrogen and oxygen atoms in total. The van der Waals surface area contributed by atoms with Gasteiger partial charge in [0.1, 0.15) is 17.2 Å². The number of anilines is 2. The Morgan fingerprint density at radius 3 is 2.32 bits per heavy atom. The molecule has 0 saturated carbocycles. The summed E-state index contributed by atoms with van der Waals surface area (Å²) in [4.78, 5) is 26.5. The van der Waals surface area contributed by atoms with Gasteiger partial charge >= 0.3 is 0 Å². The van der Waals surface area contributed by atoms with Crippen LogP contribution in [0.15, 0.2) is 65.2 Å². The third-order valence-electron chi connectivity index (χ3n) is 4.14. The summed E-state index contributed by atoms with van der Waals surface area (Å²) in [6.07, 6.45) is 0.00147. The van der Waals surface area contributed by atoms with Crippen molar-refractivity contribution in [2.24, 2.45) is 0 Å². The maximum Gasteiger partial charge on any atom is 0.247 e. The maximum absolute atomic E-state index is 12.9. The number of para-hydroxylation sites is 1. The Bertz CT molecular complexity index is 1000. The van der Waals surface area contributed by atoms with Gasteiger partial charge in [-0.2, -0.15) is 10.5 Å². The molecule has 1 fully saturated rings. The van der Waals surface area contributed by atoms with Crippen LogP contribution in [0.25, 0.3) is 0 Å². The normalized spacial score (nSPS) is 15.7. The van der Waals surface area contributed by atoms with Crippen LogP contribution < -0.4 is 10.2 Å². The van der Waals surface area contributed by atoms with E-state index in [1.165, 1.54) is 0 Å². The van der Waals surface area contributed by atoms with E-state index in [4.69, 9.17) is 0 Å². The van der Waals surface area contributed by atoms with Crippen molar-refractivity contribution in [1.82, 2.24) is 0 Å². The summed E-state index contributed by atoms with van der Waals surface area (Å²) in [7, 11) is 0. The number of amides is 2. The molecule has 0 bridgehead atoms. The summed E-state index contributed by atoms with van der Waals surface area (Å²) >= 11 is 1.03. The Morgan fingerprint density at radius 2 is 1.71 bits per heavy atom. The number of rotatable bonds is 5. The van der Waals surface area contributed by atoms with E-state index in [9.17, 15) is 20.1 Å². The number of nitrogens with zero attached hydrogens (tertiary/aromatic N) is 3. The first-order valence-corrected chi connectivity index (χ1v) is 9.38. The number of benzene rings is 2. The minimum Gasteiger partial charge on any atom is -0.349 e. The zero-order chi connectivity index (χ0) is 20.1. The van der Waals surface area contributed by atoms with Crippen LogP contribution in [0.4, 0.5) is 11.4 Å². The number of hydrogen-bond acceptors (Lipinski definition) is 6. The predicted molar refractivity (Wildman–Crippen MR) is 108 cm³/mol. The van der Waals surface area contributed by atoms with Gasteiger partial charge in [0.2, 0.25) is 11.8 Å². The molecule has 0 spiro atoms. The van der Waals surface area contributed by atoms with Crippen molar-refractivity contribution in [3.8, 4) is 12.1 Å². The molecule has 1 N–H and O–H groups in total. The lowest BCUT2D eigenvalue weighted by Gasteiger charge is -2.16. The second-order valence-corrected chi connectivity index (χ2v) is 7.35. The SMILES string of the molecule is Cc1ccc(N2C(=O)CC(SC(Nc3ccccc3)=C(C#N)C#N)C2=O)cc1. The number of thioether (sulfide) groups is 1. The summed E-state index contributed by atoms with van der Waals surface area (Å²) < 4.78 is 0. The quantitative estimate of drug-likeness (QED) is 0.619. The number of carbonyl (C=O) groups excluding carboxylic acids is 2. The third kappa shape index (κ3) is 4.06. The zero-order valence-corrected chi connectivity index (χ0v) is 15.9. The lowest BCUT2D eigenvalue weighted by atomic mass is 10.2. The molecule has 0 aliphatic carbocycles. The van der Waals surface area contributed by atoms with Crippen LogP contribution in [0.3, 0.4) is 0 Å². The Labute approximate surface area is 167 Å². The van der Waals surface area contributed by atoms with Gasteiger partial charge in [-0.15, -0.1) is 0 Å². The largest absolute Gasteiger partial charge is 0.349 e. The van der Waals surface area contributed by atoms with E-state index in [0.29, 0.717) is 11.4 Å². The van der Waals surface area contributed by atoms with E-state index in [2.05, 4.69) is 5.32 Å². The van der Waals surface area contributed by atoms with Crippen LogP contribution in [-0.4, -0.2) is 17.1 Å². The minimum absolute atomic E-state index is 0.00147. The lowest BCUT2D eigenvalue weighted by molar-refractivity contribution is -0.121. The standard InChI is InChI=1S/C21H16N4O2S/c1-14-7-9-17(10-8-14)25-19(26)11-18(21(25)27)28-20(15(12-22)13-23)24-16-5-3-2-4-6-16/h2-10,18,24H,11H2,1H3. The van der Waals surface area contributed by atoms with Crippen molar-refractivity contribution in [1.29, 1.82) is 10.5 Å². The first-order valence-electron chi connectivity index (χ1n) is 8.50. The van der Waals surface area contributed by atoms with Crippen molar-refractivity contribution in [3.63, 3.8) is 0 Å². The molecule has 7 heteroatoms. The number of nitriles is 2. The number of imide groups is 1. The fraction of sp³-hybridized carbons (Fsp3) is 0.143. The van der Waals surface area contributed by atoms with E-state index in [-0.39, 0.29) is 28.8 Å². The van der Waals surface area contributed by atoms with Crippen molar-refractivity contribution in [2.75, 3.05) is 10.2 Å². The summed E-state index contributed by atoms with van der Waals surface area (Å²) in [5.74, 6) is -0.665. The first-order chi connectivity index (χ1) is 13.5. The summed E-state index contributed by atoms with van der Waals surface area (Å²) in [6, 6.07) is 19.9. The molecule has 0 radical (unpaired) electrons. The van der Waals surface area contributed by atoms with Gasteiger partial charge in [0.15, 0.2) is 5.57 Å². The smallest absolute Gasteiger partial charge is 0.247 e. The molecule has 2 aromatic rings. The lowest BCUT2D eigenvalue weighted by Crippen LogP contribution is -2.31. The van der Waals surface area contributed by atoms with Crippen LogP contribution in [0.5, 0.6) is 0 Å². The molecule has 3 rings (SSSR count). The van der Waals surface area contributed by atoms with Crippen LogP contribution in [0.2, 0.25) is 0 Å². The van der Waals surface area contributed by atoms with Gasteiger partial charge in [0.25, 0.3) is 0 Å². The highest BCUT2D eigenvalue weighted by molar-refractivity contribution is 8.04. The zero-order valence-electron chi connectivity index (χ0n) is 15.0. The maximum atomic E-state index is 12.9.